The van der Waals surface area contributed by atoms with Gasteiger partial charge in [0.05, 0.1) is 0 Å². The Morgan fingerprint density at radius 3 is 2.78 bits per heavy atom. The third kappa shape index (κ3) is 2.54. The van der Waals surface area contributed by atoms with Crippen LogP contribution in [0.15, 0.2) is 18.2 Å². The second-order valence-corrected chi connectivity index (χ2v) is 4.87. The van der Waals surface area contributed by atoms with E-state index in [4.69, 9.17) is 5.73 Å². The second kappa shape index (κ2) is 5.76. The SMILES string of the molecule is CCC1CCCN1C(CN)c1ccc(F)c(F)c1. The van der Waals surface area contributed by atoms with Crippen molar-refractivity contribution in [1.29, 1.82) is 0 Å². The van der Waals surface area contributed by atoms with Gasteiger partial charge in [0.25, 0.3) is 0 Å². The first-order valence-corrected chi connectivity index (χ1v) is 6.58. The number of halogens is 2. The Balaban J connectivity index is 2.24. The smallest absolute Gasteiger partial charge is 0.159 e. The molecule has 0 aliphatic carbocycles. The summed E-state index contributed by atoms with van der Waals surface area (Å²) in [5, 5.41) is 0. The van der Waals surface area contributed by atoms with Gasteiger partial charge in [-0.25, -0.2) is 8.78 Å². The van der Waals surface area contributed by atoms with Crippen molar-refractivity contribution in [2.24, 2.45) is 5.73 Å². The Morgan fingerprint density at radius 1 is 1.39 bits per heavy atom. The standard InChI is InChI=1S/C14H20F2N2/c1-2-11-4-3-7-18(11)14(9-17)10-5-6-12(15)13(16)8-10/h5-6,8,11,14H,2-4,7,9,17H2,1H3. The van der Waals surface area contributed by atoms with Crippen LogP contribution in [0.3, 0.4) is 0 Å². The number of nitrogens with zero attached hydrogens (tertiary/aromatic N) is 1. The monoisotopic (exact) mass is 254 g/mol. The Morgan fingerprint density at radius 2 is 2.17 bits per heavy atom. The minimum atomic E-state index is -0.803. The lowest BCUT2D eigenvalue weighted by atomic mass is 10.0. The summed E-state index contributed by atoms with van der Waals surface area (Å²) in [5.41, 5.74) is 6.61. The van der Waals surface area contributed by atoms with Gasteiger partial charge in [-0.15, -0.1) is 0 Å². The molecule has 18 heavy (non-hydrogen) atoms. The van der Waals surface area contributed by atoms with E-state index in [0.717, 1.165) is 31.4 Å². The highest BCUT2D eigenvalue weighted by molar-refractivity contribution is 5.22. The first-order chi connectivity index (χ1) is 8.67. The molecule has 2 rings (SSSR count). The Kier molecular flexibility index (Phi) is 4.30. The van der Waals surface area contributed by atoms with E-state index >= 15 is 0 Å². The summed E-state index contributed by atoms with van der Waals surface area (Å²) in [6.07, 6.45) is 3.38. The fraction of sp³-hybridized carbons (Fsp3) is 0.571. The van der Waals surface area contributed by atoms with Crippen molar-refractivity contribution < 1.29 is 8.78 Å². The molecule has 0 amide bonds. The van der Waals surface area contributed by atoms with Crippen LogP contribution in [0.2, 0.25) is 0 Å². The van der Waals surface area contributed by atoms with Crippen molar-refractivity contribution in [3.8, 4) is 0 Å². The first kappa shape index (κ1) is 13.4. The molecule has 1 aromatic rings. The molecular weight excluding hydrogens is 234 g/mol. The largest absolute Gasteiger partial charge is 0.329 e. The van der Waals surface area contributed by atoms with Crippen molar-refractivity contribution in [2.45, 2.75) is 38.3 Å². The number of hydrogen-bond donors (Lipinski definition) is 1. The van der Waals surface area contributed by atoms with Crippen LogP contribution in [-0.2, 0) is 0 Å². The van der Waals surface area contributed by atoms with Gasteiger partial charge in [0.2, 0.25) is 0 Å². The van der Waals surface area contributed by atoms with Crippen LogP contribution >= 0.6 is 0 Å². The zero-order chi connectivity index (χ0) is 13.1. The Hall–Kier alpha value is -1.00. The summed E-state index contributed by atoms with van der Waals surface area (Å²) in [6, 6.07) is 4.60. The molecule has 0 spiro atoms. The van der Waals surface area contributed by atoms with Crippen LogP contribution in [0.4, 0.5) is 8.78 Å². The van der Waals surface area contributed by atoms with E-state index in [1.54, 1.807) is 6.07 Å². The van der Waals surface area contributed by atoms with E-state index in [1.807, 2.05) is 0 Å². The molecule has 0 aromatic heterocycles. The van der Waals surface area contributed by atoms with Crippen molar-refractivity contribution in [3.05, 3.63) is 35.4 Å². The van der Waals surface area contributed by atoms with E-state index in [-0.39, 0.29) is 6.04 Å². The molecule has 0 saturated carbocycles. The zero-order valence-electron chi connectivity index (χ0n) is 10.7. The number of nitrogens with two attached hydrogens (primary N) is 1. The van der Waals surface area contributed by atoms with Gasteiger partial charge in [0.1, 0.15) is 0 Å². The van der Waals surface area contributed by atoms with E-state index in [0.29, 0.717) is 12.6 Å². The molecule has 2 atom stereocenters. The average molecular weight is 254 g/mol. The number of benzene rings is 1. The van der Waals surface area contributed by atoms with Crippen molar-refractivity contribution >= 4 is 0 Å². The van der Waals surface area contributed by atoms with E-state index in [2.05, 4.69) is 11.8 Å². The van der Waals surface area contributed by atoms with Gasteiger partial charge in [-0.1, -0.05) is 13.0 Å². The van der Waals surface area contributed by atoms with Crippen LogP contribution in [0.5, 0.6) is 0 Å². The van der Waals surface area contributed by atoms with E-state index in [9.17, 15) is 8.78 Å². The third-order valence-corrected chi connectivity index (χ3v) is 3.85. The van der Waals surface area contributed by atoms with Gasteiger partial charge in [-0.2, -0.15) is 0 Å². The lowest BCUT2D eigenvalue weighted by Gasteiger charge is -2.32. The summed E-state index contributed by atoms with van der Waals surface area (Å²) in [7, 11) is 0. The predicted molar refractivity (Wildman–Crippen MR) is 68.2 cm³/mol. The molecule has 1 aliphatic heterocycles. The second-order valence-electron chi connectivity index (χ2n) is 4.87. The lowest BCUT2D eigenvalue weighted by molar-refractivity contribution is 0.180. The average Bonchev–Trinajstić information content (AvgIpc) is 2.83. The molecule has 1 saturated heterocycles. The highest BCUT2D eigenvalue weighted by atomic mass is 19.2. The third-order valence-electron chi connectivity index (χ3n) is 3.85. The lowest BCUT2D eigenvalue weighted by Crippen LogP contribution is -2.37. The minimum Gasteiger partial charge on any atom is -0.329 e. The molecule has 1 aromatic carbocycles. The number of rotatable bonds is 4. The van der Waals surface area contributed by atoms with Gasteiger partial charge < -0.3 is 5.73 Å². The normalized spacial score (nSPS) is 22.3. The molecule has 2 N–H and O–H groups in total. The van der Waals surface area contributed by atoms with E-state index in [1.165, 1.54) is 12.1 Å². The van der Waals surface area contributed by atoms with Crippen molar-refractivity contribution in [2.75, 3.05) is 13.1 Å². The molecule has 1 aliphatic rings. The maximum absolute atomic E-state index is 13.3. The summed E-state index contributed by atoms with van der Waals surface area (Å²) < 4.78 is 26.3. The van der Waals surface area contributed by atoms with Crippen LogP contribution in [0.25, 0.3) is 0 Å². The van der Waals surface area contributed by atoms with Crippen LogP contribution in [0.1, 0.15) is 37.8 Å². The Labute approximate surface area is 107 Å². The maximum atomic E-state index is 13.3. The molecule has 1 fully saturated rings. The van der Waals surface area contributed by atoms with Gasteiger partial charge in [0, 0.05) is 18.6 Å². The van der Waals surface area contributed by atoms with Gasteiger partial charge in [-0.05, 0) is 43.5 Å². The van der Waals surface area contributed by atoms with Crippen LogP contribution in [-0.4, -0.2) is 24.0 Å². The zero-order valence-corrected chi connectivity index (χ0v) is 10.7. The van der Waals surface area contributed by atoms with Gasteiger partial charge in [0.15, 0.2) is 11.6 Å². The molecule has 2 nitrogen and oxygen atoms in total. The highest BCUT2D eigenvalue weighted by Gasteiger charge is 2.29. The maximum Gasteiger partial charge on any atom is 0.159 e. The Bertz CT molecular complexity index is 409. The summed E-state index contributed by atoms with van der Waals surface area (Å²) in [5.74, 6) is -1.60. The molecule has 0 radical (unpaired) electrons. The summed E-state index contributed by atoms with van der Waals surface area (Å²) in [4.78, 5) is 2.33. The van der Waals surface area contributed by atoms with Crippen LogP contribution in [0, 0.1) is 11.6 Å². The minimum absolute atomic E-state index is 0.00690. The molecule has 2 unspecified atom stereocenters. The van der Waals surface area contributed by atoms with Gasteiger partial charge in [-0.3, -0.25) is 4.90 Å². The number of likely N-dealkylation sites (tertiary alicyclic amines) is 1. The van der Waals surface area contributed by atoms with Crippen LogP contribution < -0.4 is 5.73 Å². The highest BCUT2D eigenvalue weighted by Crippen LogP contribution is 2.30. The fourth-order valence-corrected chi connectivity index (χ4v) is 2.89. The molecule has 1 heterocycles. The van der Waals surface area contributed by atoms with E-state index < -0.39 is 11.6 Å². The van der Waals surface area contributed by atoms with Gasteiger partial charge >= 0.3 is 0 Å². The predicted octanol–water partition coefficient (Wildman–Crippen LogP) is 2.84. The quantitative estimate of drug-likeness (QED) is 0.895. The summed E-state index contributed by atoms with van der Waals surface area (Å²) in [6.45, 7) is 3.57. The first-order valence-electron chi connectivity index (χ1n) is 6.58. The molecule has 0 bridgehead atoms. The number of hydrogen-bond acceptors (Lipinski definition) is 2. The van der Waals surface area contributed by atoms with Crippen molar-refractivity contribution in [3.63, 3.8) is 0 Å². The van der Waals surface area contributed by atoms with Crippen molar-refractivity contribution in [1.82, 2.24) is 4.90 Å². The summed E-state index contributed by atoms with van der Waals surface area (Å²) >= 11 is 0. The fourth-order valence-electron chi connectivity index (χ4n) is 2.89. The molecule has 100 valence electrons. The molecule has 4 heteroatoms. The topological polar surface area (TPSA) is 29.3 Å². The molecular formula is C14H20F2N2.